The van der Waals surface area contributed by atoms with E-state index in [1.54, 1.807) is 0 Å². The molecule has 1 saturated heterocycles. The Morgan fingerprint density at radius 3 is 2.59 bits per heavy atom. The van der Waals surface area contributed by atoms with Crippen LogP contribution in [-0.2, 0) is 0 Å². The van der Waals surface area contributed by atoms with Gasteiger partial charge in [0, 0.05) is 18.7 Å². The molecule has 1 heterocycles. The fourth-order valence-electron chi connectivity index (χ4n) is 2.51. The van der Waals surface area contributed by atoms with E-state index in [0.717, 1.165) is 32.4 Å². The zero-order valence-electron chi connectivity index (χ0n) is 12.7. The highest BCUT2D eigenvalue weighted by molar-refractivity contribution is 5.70. The molecule has 0 aromatic heterocycles. The molecule has 1 aliphatic heterocycles. The summed E-state index contributed by atoms with van der Waals surface area (Å²) in [6, 6.07) is 5.44. The Balaban J connectivity index is 1.68. The van der Waals surface area contributed by atoms with Gasteiger partial charge in [0.25, 0.3) is 5.69 Å². The average molecular weight is 307 g/mol. The van der Waals surface area contributed by atoms with Crippen molar-refractivity contribution in [2.24, 2.45) is 5.92 Å². The molecule has 1 fully saturated rings. The van der Waals surface area contributed by atoms with Crippen molar-refractivity contribution in [2.45, 2.75) is 19.3 Å². The van der Waals surface area contributed by atoms with Crippen molar-refractivity contribution in [3.05, 3.63) is 34.4 Å². The topological polar surface area (TPSA) is 84.7 Å². The monoisotopic (exact) mass is 307 g/mol. The first-order chi connectivity index (χ1) is 10.5. The number of ether oxygens (including phenoxy) is 1. The van der Waals surface area contributed by atoms with Crippen molar-refractivity contribution in [1.82, 2.24) is 10.2 Å². The maximum absolute atomic E-state index is 11.6. The molecule has 22 heavy (non-hydrogen) atoms. The van der Waals surface area contributed by atoms with E-state index in [1.807, 2.05) is 0 Å². The first-order valence-corrected chi connectivity index (χ1v) is 7.43. The molecule has 0 bridgehead atoms. The van der Waals surface area contributed by atoms with Crippen LogP contribution in [0.15, 0.2) is 24.3 Å². The maximum Gasteiger partial charge on any atom is 0.412 e. The number of nitrogens with zero attached hydrogens (tertiary/aromatic N) is 2. The minimum atomic E-state index is -0.526. The van der Waals surface area contributed by atoms with Crippen LogP contribution in [0.4, 0.5) is 10.5 Å². The van der Waals surface area contributed by atoms with E-state index in [2.05, 4.69) is 17.3 Å². The summed E-state index contributed by atoms with van der Waals surface area (Å²) in [6.07, 6.45) is 2.75. The molecule has 120 valence electrons. The number of nitrogens with one attached hydrogen (secondary N) is 1. The van der Waals surface area contributed by atoms with Crippen LogP contribution in [0.25, 0.3) is 0 Å². The third-order valence-electron chi connectivity index (χ3n) is 3.92. The van der Waals surface area contributed by atoms with Crippen LogP contribution in [0.3, 0.4) is 0 Å². The largest absolute Gasteiger partial charge is 0.412 e. The lowest BCUT2D eigenvalue weighted by atomic mass is 9.94. The summed E-state index contributed by atoms with van der Waals surface area (Å²) in [7, 11) is 2.12. The van der Waals surface area contributed by atoms with E-state index < -0.39 is 11.0 Å². The average Bonchev–Trinajstić information content (AvgIpc) is 2.50. The third-order valence-corrected chi connectivity index (χ3v) is 3.92. The van der Waals surface area contributed by atoms with Crippen LogP contribution < -0.4 is 10.1 Å². The van der Waals surface area contributed by atoms with Crippen molar-refractivity contribution in [2.75, 3.05) is 26.7 Å². The SMILES string of the molecule is CN1CCC(CCNC(=O)Oc2ccc([N+](=O)[O-])cc2)CC1. The highest BCUT2D eigenvalue weighted by Gasteiger charge is 2.16. The van der Waals surface area contributed by atoms with Crippen LogP contribution in [0.1, 0.15) is 19.3 Å². The van der Waals surface area contributed by atoms with Gasteiger partial charge in [-0.25, -0.2) is 4.79 Å². The molecule has 0 radical (unpaired) electrons. The lowest BCUT2D eigenvalue weighted by Gasteiger charge is -2.28. The van der Waals surface area contributed by atoms with Gasteiger partial charge in [0.2, 0.25) is 0 Å². The van der Waals surface area contributed by atoms with E-state index in [1.165, 1.54) is 24.3 Å². The van der Waals surface area contributed by atoms with Gasteiger partial charge in [0.1, 0.15) is 5.75 Å². The molecule has 7 heteroatoms. The van der Waals surface area contributed by atoms with Gasteiger partial charge in [0.15, 0.2) is 0 Å². The smallest absolute Gasteiger partial charge is 0.410 e. The molecule has 0 saturated carbocycles. The Morgan fingerprint density at radius 2 is 2.00 bits per heavy atom. The van der Waals surface area contributed by atoms with Gasteiger partial charge in [0.05, 0.1) is 4.92 Å². The van der Waals surface area contributed by atoms with Crippen molar-refractivity contribution in [1.29, 1.82) is 0 Å². The Morgan fingerprint density at radius 1 is 1.36 bits per heavy atom. The second-order valence-electron chi connectivity index (χ2n) is 5.60. The zero-order valence-corrected chi connectivity index (χ0v) is 12.7. The number of non-ortho nitro benzene ring substituents is 1. The molecule has 1 amide bonds. The van der Waals surface area contributed by atoms with E-state index in [0.29, 0.717) is 18.2 Å². The van der Waals surface area contributed by atoms with Crippen LogP contribution in [0, 0.1) is 16.0 Å². The predicted molar refractivity (Wildman–Crippen MR) is 82.0 cm³/mol. The van der Waals surface area contributed by atoms with Gasteiger partial charge in [-0.15, -0.1) is 0 Å². The number of likely N-dealkylation sites (tertiary alicyclic amines) is 1. The summed E-state index contributed by atoms with van der Waals surface area (Å²) in [6.45, 7) is 2.80. The van der Waals surface area contributed by atoms with Gasteiger partial charge in [-0.1, -0.05) is 0 Å². The standard InChI is InChI=1S/C15H21N3O4/c1-17-10-7-12(8-11-17)6-9-16-15(19)22-14-4-2-13(3-5-14)18(20)21/h2-5,12H,6-11H2,1H3,(H,16,19). The number of piperidine rings is 1. The van der Waals surface area contributed by atoms with Crippen LogP contribution in [0.2, 0.25) is 0 Å². The lowest BCUT2D eigenvalue weighted by Crippen LogP contribution is -2.33. The quantitative estimate of drug-likeness (QED) is 0.667. The Hall–Kier alpha value is -2.15. The van der Waals surface area contributed by atoms with Crippen LogP contribution in [-0.4, -0.2) is 42.6 Å². The molecule has 2 rings (SSSR count). The number of hydrogen-bond acceptors (Lipinski definition) is 5. The van der Waals surface area contributed by atoms with Gasteiger partial charge in [-0.3, -0.25) is 10.1 Å². The summed E-state index contributed by atoms with van der Waals surface area (Å²) in [5, 5.41) is 13.2. The minimum absolute atomic E-state index is 0.0324. The van der Waals surface area contributed by atoms with Gasteiger partial charge < -0.3 is 15.0 Å². The number of rotatable bonds is 5. The van der Waals surface area contributed by atoms with E-state index >= 15 is 0 Å². The number of hydrogen-bond donors (Lipinski definition) is 1. The third kappa shape index (κ3) is 5.00. The normalized spacial score (nSPS) is 16.2. The summed E-state index contributed by atoms with van der Waals surface area (Å²) < 4.78 is 5.07. The molecule has 7 nitrogen and oxygen atoms in total. The highest BCUT2D eigenvalue weighted by Crippen LogP contribution is 2.19. The fraction of sp³-hybridized carbons (Fsp3) is 0.533. The van der Waals surface area contributed by atoms with Crippen LogP contribution in [0.5, 0.6) is 5.75 Å². The summed E-state index contributed by atoms with van der Waals surface area (Å²) >= 11 is 0. The number of benzene rings is 1. The van der Waals surface area contributed by atoms with Gasteiger partial charge in [-0.2, -0.15) is 0 Å². The molecule has 1 aromatic carbocycles. The molecule has 1 aromatic rings. The maximum atomic E-state index is 11.6. The number of nitro benzene ring substituents is 1. The number of amides is 1. The van der Waals surface area contributed by atoms with Gasteiger partial charge >= 0.3 is 6.09 Å². The molecule has 0 aliphatic carbocycles. The first-order valence-electron chi connectivity index (χ1n) is 7.43. The minimum Gasteiger partial charge on any atom is -0.410 e. The van der Waals surface area contributed by atoms with Crippen molar-refractivity contribution < 1.29 is 14.5 Å². The Labute approximate surface area is 129 Å². The molecule has 1 aliphatic rings. The van der Waals surface area contributed by atoms with E-state index in [4.69, 9.17) is 4.74 Å². The summed E-state index contributed by atoms with van der Waals surface area (Å²) in [5.41, 5.74) is -0.0324. The van der Waals surface area contributed by atoms with Crippen molar-refractivity contribution >= 4 is 11.8 Å². The highest BCUT2D eigenvalue weighted by atomic mass is 16.6. The Kier molecular flexibility index (Phi) is 5.71. The van der Waals surface area contributed by atoms with E-state index in [9.17, 15) is 14.9 Å². The van der Waals surface area contributed by atoms with Crippen molar-refractivity contribution in [3.8, 4) is 5.75 Å². The number of nitro groups is 1. The zero-order chi connectivity index (χ0) is 15.9. The summed E-state index contributed by atoms with van der Waals surface area (Å²) in [4.78, 5) is 24.0. The number of carbonyl (C=O) groups is 1. The van der Waals surface area contributed by atoms with Gasteiger partial charge in [-0.05, 0) is 57.5 Å². The summed E-state index contributed by atoms with van der Waals surface area (Å²) in [5.74, 6) is 0.943. The molecular weight excluding hydrogens is 286 g/mol. The second-order valence-corrected chi connectivity index (χ2v) is 5.60. The molecule has 0 unspecified atom stereocenters. The van der Waals surface area contributed by atoms with E-state index in [-0.39, 0.29) is 5.69 Å². The molecule has 0 atom stereocenters. The predicted octanol–water partition coefficient (Wildman–Crippen LogP) is 2.42. The second kappa shape index (κ2) is 7.74. The molecular formula is C15H21N3O4. The Bertz CT molecular complexity index is 510. The van der Waals surface area contributed by atoms with Crippen LogP contribution >= 0.6 is 0 Å². The lowest BCUT2D eigenvalue weighted by molar-refractivity contribution is -0.384. The molecule has 0 spiro atoms. The number of carbonyl (C=O) groups excluding carboxylic acids is 1. The van der Waals surface area contributed by atoms with Crippen molar-refractivity contribution in [3.63, 3.8) is 0 Å². The molecule has 1 N–H and O–H groups in total. The first kappa shape index (κ1) is 16.2. The fourth-order valence-corrected chi connectivity index (χ4v) is 2.51.